The van der Waals surface area contributed by atoms with Crippen LogP contribution in [0.5, 0.6) is 0 Å². The van der Waals surface area contributed by atoms with Crippen LogP contribution in [0.3, 0.4) is 0 Å². The molecule has 0 fully saturated rings. The first kappa shape index (κ1) is 10.5. The molecule has 0 radical (unpaired) electrons. The van der Waals surface area contributed by atoms with Crippen molar-refractivity contribution in [3.8, 4) is 0 Å². The van der Waals surface area contributed by atoms with E-state index >= 15 is 0 Å². The van der Waals surface area contributed by atoms with Crippen molar-refractivity contribution >= 4 is 5.91 Å². The second-order valence-corrected chi connectivity index (χ2v) is 3.82. The van der Waals surface area contributed by atoms with Gasteiger partial charge in [-0.3, -0.25) is 4.79 Å². The van der Waals surface area contributed by atoms with Crippen LogP contribution in [-0.2, 0) is 4.79 Å². The molecule has 0 aliphatic rings. The third-order valence-corrected chi connectivity index (χ3v) is 1.74. The lowest BCUT2D eigenvalue weighted by Gasteiger charge is -2.23. The van der Waals surface area contributed by atoms with Crippen molar-refractivity contribution in [1.29, 1.82) is 0 Å². The SMILES string of the molecule is CCCC(C)(C)CNC(C)=O. The predicted octanol–water partition coefficient (Wildman–Crippen LogP) is 1.95. The number of amides is 1. The Morgan fingerprint density at radius 3 is 2.36 bits per heavy atom. The Morgan fingerprint density at radius 1 is 1.45 bits per heavy atom. The molecule has 0 spiro atoms. The lowest BCUT2D eigenvalue weighted by atomic mass is 9.88. The molecule has 0 heterocycles. The van der Waals surface area contributed by atoms with E-state index in [9.17, 15) is 4.79 Å². The molecule has 0 aromatic carbocycles. The molecule has 0 saturated carbocycles. The Kier molecular flexibility index (Phi) is 4.16. The molecule has 0 aliphatic carbocycles. The molecular formula is C9H19NO. The van der Waals surface area contributed by atoms with Crippen molar-refractivity contribution in [2.45, 2.75) is 40.5 Å². The molecule has 2 nitrogen and oxygen atoms in total. The van der Waals surface area contributed by atoms with Gasteiger partial charge >= 0.3 is 0 Å². The van der Waals surface area contributed by atoms with E-state index in [2.05, 4.69) is 26.1 Å². The summed E-state index contributed by atoms with van der Waals surface area (Å²) in [5.74, 6) is 0.0641. The van der Waals surface area contributed by atoms with Crippen molar-refractivity contribution in [2.75, 3.05) is 6.54 Å². The molecule has 0 atom stereocenters. The maximum absolute atomic E-state index is 10.6. The minimum atomic E-state index is 0.0641. The monoisotopic (exact) mass is 157 g/mol. The first-order valence-electron chi connectivity index (χ1n) is 4.22. The number of hydrogen-bond acceptors (Lipinski definition) is 1. The van der Waals surface area contributed by atoms with Gasteiger partial charge in [0.2, 0.25) is 5.91 Å². The first-order chi connectivity index (χ1) is 4.98. The van der Waals surface area contributed by atoms with Crippen molar-refractivity contribution in [3.63, 3.8) is 0 Å². The number of hydrogen-bond donors (Lipinski definition) is 1. The van der Waals surface area contributed by atoms with Gasteiger partial charge in [-0.2, -0.15) is 0 Å². The Labute approximate surface area is 69.4 Å². The van der Waals surface area contributed by atoms with E-state index in [1.165, 1.54) is 6.42 Å². The molecule has 1 amide bonds. The first-order valence-corrected chi connectivity index (χ1v) is 4.22. The van der Waals surface area contributed by atoms with E-state index in [1.54, 1.807) is 6.92 Å². The fraction of sp³-hybridized carbons (Fsp3) is 0.889. The van der Waals surface area contributed by atoms with Gasteiger partial charge in [0.25, 0.3) is 0 Å². The summed E-state index contributed by atoms with van der Waals surface area (Å²) in [4.78, 5) is 10.6. The van der Waals surface area contributed by atoms with Crippen molar-refractivity contribution in [3.05, 3.63) is 0 Å². The van der Waals surface area contributed by atoms with Crippen molar-refractivity contribution in [2.24, 2.45) is 5.41 Å². The zero-order chi connectivity index (χ0) is 8.91. The van der Waals surface area contributed by atoms with Crippen LogP contribution in [0.25, 0.3) is 0 Å². The maximum atomic E-state index is 10.6. The van der Waals surface area contributed by atoms with Crippen molar-refractivity contribution in [1.82, 2.24) is 5.32 Å². The van der Waals surface area contributed by atoms with Gasteiger partial charge in [-0.25, -0.2) is 0 Å². The fourth-order valence-electron chi connectivity index (χ4n) is 1.13. The summed E-state index contributed by atoms with van der Waals surface area (Å²) in [5.41, 5.74) is 0.250. The third-order valence-electron chi connectivity index (χ3n) is 1.74. The quantitative estimate of drug-likeness (QED) is 0.664. The average molecular weight is 157 g/mol. The summed E-state index contributed by atoms with van der Waals surface area (Å²) in [6.45, 7) is 8.85. The third kappa shape index (κ3) is 5.89. The highest BCUT2D eigenvalue weighted by atomic mass is 16.1. The van der Waals surface area contributed by atoms with Crippen LogP contribution in [0.1, 0.15) is 40.5 Å². The number of carbonyl (C=O) groups excluding carboxylic acids is 1. The van der Waals surface area contributed by atoms with Crippen LogP contribution in [0, 0.1) is 5.41 Å². The number of rotatable bonds is 4. The van der Waals surface area contributed by atoms with E-state index in [0.29, 0.717) is 0 Å². The molecule has 0 aliphatic heterocycles. The highest BCUT2D eigenvalue weighted by Gasteiger charge is 2.16. The van der Waals surface area contributed by atoms with Crippen LogP contribution >= 0.6 is 0 Å². The van der Waals surface area contributed by atoms with Gasteiger partial charge in [0.1, 0.15) is 0 Å². The second kappa shape index (κ2) is 4.37. The Balaban J connectivity index is 3.63. The van der Waals surface area contributed by atoms with Gasteiger partial charge in [0, 0.05) is 13.5 Å². The Bertz CT molecular complexity index is 130. The zero-order valence-electron chi connectivity index (χ0n) is 8.03. The van der Waals surface area contributed by atoms with Gasteiger partial charge in [-0.15, -0.1) is 0 Å². The molecule has 0 aromatic heterocycles. The summed E-state index contributed by atoms with van der Waals surface area (Å²) in [6, 6.07) is 0. The fourth-order valence-corrected chi connectivity index (χ4v) is 1.13. The van der Waals surface area contributed by atoms with Crippen LogP contribution in [-0.4, -0.2) is 12.5 Å². The minimum absolute atomic E-state index is 0.0641. The van der Waals surface area contributed by atoms with Gasteiger partial charge in [-0.1, -0.05) is 27.2 Å². The summed E-state index contributed by atoms with van der Waals surface area (Å²) in [5, 5.41) is 2.83. The van der Waals surface area contributed by atoms with Gasteiger partial charge in [-0.05, 0) is 11.8 Å². The van der Waals surface area contributed by atoms with Gasteiger partial charge in [0.15, 0.2) is 0 Å². The number of carbonyl (C=O) groups is 1. The molecule has 0 rings (SSSR count). The molecule has 66 valence electrons. The number of nitrogens with one attached hydrogen (secondary N) is 1. The van der Waals surface area contributed by atoms with E-state index < -0.39 is 0 Å². The molecular weight excluding hydrogens is 138 g/mol. The molecule has 11 heavy (non-hydrogen) atoms. The standard InChI is InChI=1S/C9H19NO/c1-5-6-9(3,4)7-10-8(2)11/h5-7H2,1-4H3,(H,10,11). The smallest absolute Gasteiger partial charge is 0.216 e. The Hall–Kier alpha value is -0.530. The molecule has 2 heteroatoms. The van der Waals surface area contributed by atoms with Crippen LogP contribution in [0.15, 0.2) is 0 Å². The highest BCUT2D eigenvalue weighted by molar-refractivity contribution is 5.72. The molecule has 0 bridgehead atoms. The van der Waals surface area contributed by atoms with Crippen LogP contribution in [0.2, 0.25) is 0 Å². The minimum Gasteiger partial charge on any atom is -0.356 e. The molecule has 0 saturated heterocycles. The summed E-state index contributed by atoms with van der Waals surface area (Å²) < 4.78 is 0. The largest absolute Gasteiger partial charge is 0.356 e. The van der Waals surface area contributed by atoms with Crippen LogP contribution in [0.4, 0.5) is 0 Å². The van der Waals surface area contributed by atoms with E-state index in [0.717, 1.165) is 13.0 Å². The molecule has 0 aromatic rings. The predicted molar refractivity (Wildman–Crippen MR) is 47.4 cm³/mol. The lowest BCUT2D eigenvalue weighted by Crippen LogP contribution is -2.32. The summed E-state index contributed by atoms with van der Waals surface area (Å²) in [7, 11) is 0. The zero-order valence-corrected chi connectivity index (χ0v) is 8.03. The second-order valence-electron chi connectivity index (χ2n) is 3.82. The summed E-state index contributed by atoms with van der Waals surface area (Å²) >= 11 is 0. The molecule has 0 unspecified atom stereocenters. The molecule has 1 N–H and O–H groups in total. The summed E-state index contributed by atoms with van der Waals surface area (Å²) in [6.07, 6.45) is 2.33. The normalized spacial score (nSPS) is 11.3. The van der Waals surface area contributed by atoms with E-state index in [4.69, 9.17) is 0 Å². The topological polar surface area (TPSA) is 29.1 Å². The van der Waals surface area contributed by atoms with Gasteiger partial charge < -0.3 is 5.32 Å². The average Bonchev–Trinajstić information content (AvgIpc) is 1.84. The lowest BCUT2D eigenvalue weighted by molar-refractivity contribution is -0.119. The maximum Gasteiger partial charge on any atom is 0.216 e. The van der Waals surface area contributed by atoms with E-state index in [1.807, 2.05) is 0 Å². The van der Waals surface area contributed by atoms with Crippen LogP contribution < -0.4 is 5.32 Å². The highest BCUT2D eigenvalue weighted by Crippen LogP contribution is 2.20. The van der Waals surface area contributed by atoms with E-state index in [-0.39, 0.29) is 11.3 Å². The van der Waals surface area contributed by atoms with Gasteiger partial charge in [0.05, 0.1) is 0 Å². The Morgan fingerprint density at radius 2 is 2.00 bits per heavy atom. The van der Waals surface area contributed by atoms with Crippen molar-refractivity contribution < 1.29 is 4.79 Å².